The summed E-state index contributed by atoms with van der Waals surface area (Å²) in [6, 6.07) is 6.99. The number of methoxy groups -OCH3 is 1. The second-order valence-electron chi connectivity index (χ2n) is 4.84. The summed E-state index contributed by atoms with van der Waals surface area (Å²) in [5, 5.41) is 3.10. The van der Waals surface area contributed by atoms with E-state index < -0.39 is 0 Å². The fourth-order valence-electron chi connectivity index (χ4n) is 1.59. The van der Waals surface area contributed by atoms with E-state index in [9.17, 15) is 9.59 Å². The summed E-state index contributed by atoms with van der Waals surface area (Å²) >= 11 is 0. The molecule has 0 aliphatic heterocycles. The van der Waals surface area contributed by atoms with Gasteiger partial charge in [-0.25, -0.2) is 4.79 Å². The smallest absolute Gasteiger partial charge is 0.338 e. The van der Waals surface area contributed by atoms with Crippen LogP contribution in [-0.2, 0) is 14.3 Å². The van der Waals surface area contributed by atoms with Crippen molar-refractivity contribution < 1.29 is 19.1 Å². The molecule has 1 atom stereocenters. The first-order valence-corrected chi connectivity index (χ1v) is 6.56. The van der Waals surface area contributed by atoms with E-state index in [0.717, 1.165) is 5.69 Å². The van der Waals surface area contributed by atoms with E-state index in [0.29, 0.717) is 12.1 Å². The van der Waals surface area contributed by atoms with Gasteiger partial charge in [-0.15, -0.1) is 0 Å². The maximum Gasteiger partial charge on any atom is 0.338 e. The summed E-state index contributed by atoms with van der Waals surface area (Å²) in [4.78, 5) is 23.1. The fourth-order valence-corrected chi connectivity index (χ4v) is 1.59. The number of anilines is 1. The molecule has 1 N–H and O–H groups in total. The van der Waals surface area contributed by atoms with Gasteiger partial charge in [0.15, 0.2) is 0 Å². The van der Waals surface area contributed by atoms with E-state index in [-0.39, 0.29) is 24.0 Å². The number of nitrogens with one attached hydrogen (secondary N) is 1. The minimum absolute atomic E-state index is 0.154. The lowest BCUT2D eigenvalue weighted by atomic mass is 10.1. The summed E-state index contributed by atoms with van der Waals surface area (Å²) in [6.07, 6.45) is -0.154. The van der Waals surface area contributed by atoms with Gasteiger partial charge in [-0.3, -0.25) is 4.79 Å². The number of hydrogen-bond acceptors (Lipinski definition) is 5. The van der Waals surface area contributed by atoms with Gasteiger partial charge in [-0.1, -0.05) is 13.0 Å². The zero-order valence-corrected chi connectivity index (χ0v) is 12.3. The lowest BCUT2D eigenvalue weighted by molar-refractivity contribution is -0.144. The van der Waals surface area contributed by atoms with Crippen LogP contribution in [0.3, 0.4) is 0 Å². The predicted molar refractivity (Wildman–Crippen MR) is 76.7 cm³/mol. The van der Waals surface area contributed by atoms with Crippen molar-refractivity contribution in [3.05, 3.63) is 29.8 Å². The highest BCUT2D eigenvalue weighted by atomic mass is 16.5. The van der Waals surface area contributed by atoms with Gasteiger partial charge in [0.1, 0.15) is 0 Å². The molecule has 1 aromatic carbocycles. The number of ether oxygens (including phenoxy) is 2. The lowest BCUT2D eigenvalue weighted by Gasteiger charge is -2.13. The van der Waals surface area contributed by atoms with Gasteiger partial charge in [-0.2, -0.15) is 0 Å². The molecule has 1 aromatic rings. The zero-order valence-electron chi connectivity index (χ0n) is 12.3. The maximum absolute atomic E-state index is 11.8. The van der Waals surface area contributed by atoms with Gasteiger partial charge < -0.3 is 14.8 Å². The molecule has 0 aliphatic carbocycles. The van der Waals surface area contributed by atoms with Crippen molar-refractivity contribution in [1.82, 2.24) is 0 Å². The molecule has 1 rings (SSSR count). The molecule has 110 valence electrons. The van der Waals surface area contributed by atoms with Crippen LogP contribution in [0.15, 0.2) is 24.3 Å². The maximum atomic E-state index is 11.8. The molecule has 0 saturated heterocycles. The number of hydrogen-bond donors (Lipinski definition) is 1. The fraction of sp³-hybridized carbons (Fsp3) is 0.467. The quantitative estimate of drug-likeness (QED) is 0.810. The summed E-state index contributed by atoms with van der Waals surface area (Å²) in [5.41, 5.74) is 1.24. The topological polar surface area (TPSA) is 64.6 Å². The van der Waals surface area contributed by atoms with E-state index in [1.54, 1.807) is 39.0 Å². The van der Waals surface area contributed by atoms with Crippen molar-refractivity contribution in [2.75, 3.05) is 19.0 Å². The molecule has 0 aromatic heterocycles. The van der Waals surface area contributed by atoms with Crippen LogP contribution in [0.25, 0.3) is 0 Å². The minimum atomic E-state index is -0.357. The van der Waals surface area contributed by atoms with Gasteiger partial charge in [0, 0.05) is 12.2 Å². The summed E-state index contributed by atoms with van der Waals surface area (Å²) in [7, 11) is 1.36. The van der Waals surface area contributed by atoms with Crippen LogP contribution in [0, 0.1) is 5.92 Å². The monoisotopic (exact) mass is 279 g/mol. The highest BCUT2D eigenvalue weighted by molar-refractivity contribution is 5.90. The third-order valence-corrected chi connectivity index (χ3v) is 2.66. The number of rotatable bonds is 6. The van der Waals surface area contributed by atoms with Crippen molar-refractivity contribution in [1.29, 1.82) is 0 Å². The van der Waals surface area contributed by atoms with E-state index in [4.69, 9.17) is 4.74 Å². The Labute approximate surface area is 119 Å². The molecule has 5 heteroatoms. The van der Waals surface area contributed by atoms with Crippen LogP contribution in [0.1, 0.15) is 31.1 Å². The molecule has 5 nitrogen and oxygen atoms in total. The van der Waals surface area contributed by atoms with Crippen LogP contribution in [0.2, 0.25) is 0 Å². The molecule has 0 saturated carbocycles. The van der Waals surface area contributed by atoms with Gasteiger partial charge in [-0.05, 0) is 32.0 Å². The Morgan fingerprint density at radius 1 is 1.25 bits per heavy atom. The Bertz CT molecular complexity index is 471. The number of esters is 2. The van der Waals surface area contributed by atoms with Crippen molar-refractivity contribution in [3.63, 3.8) is 0 Å². The van der Waals surface area contributed by atoms with Crippen LogP contribution < -0.4 is 5.32 Å². The highest BCUT2D eigenvalue weighted by Gasteiger charge is 2.13. The Morgan fingerprint density at radius 2 is 1.95 bits per heavy atom. The molecule has 0 heterocycles. The second-order valence-corrected chi connectivity index (χ2v) is 4.84. The minimum Gasteiger partial charge on any atom is -0.469 e. The molecule has 0 radical (unpaired) electrons. The third kappa shape index (κ3) is 4.91. The predicted octanol–water partition coefficient (Wildman–Crippen LogP) is 2.47. The Morgan fingerprint density at radius 3 is 2.55 bits per heavy atom. The van der Waals surface area contributed by atoms with Gasteiger partial charge in [0.05, 0.1) is 24.7 Å². The number of benzene rings is 1. The summed E-state index contributed by atoms with van der Waals surface area (Å²) < 4.78 is 9.78. The normalized spacial score (nSPS) is 11.8. The van der Waals surface area contributed by atoms with Crippen molar-refractivity contribution in [2.24, 2.45) is 5.92 Å². The Kier molecular flexibility index (Phi) is 6.03. The Hall–Kier alpha value is -2.04. The van der Waals surface area contributed by atoms with E-state index in [1.165, 1.54) is 7.11 Å². The lowest BCUT2D eigenvalue weighted by Crippen LogP contribution is -2.21. The van der Waals surface area contributed by atoms with Crippen molar-refractivity contribution >= 4 is 17.6 Å². The van der Waals surface area contributed by atoms with Gasteiger partial charge in [0.25, 0.3) is 0 Å². The number of carbonyl (C=O) groups is 2. The van der Waals surface area contributed by atoms with E-state index >= 15 is 0 Å². The van der Waals surface area contributed by atoms with Gasteiger partial charge in [0.2, 0.25) is 0 Å². The standard InChI is InChI=1S/C15H21NO4/c1-10(2)20-15(18)12-6-5-7-13(8-12)16-9-11(3)14(17)19-4/h5-8,10-11,16H,9H2,1-4H3. The molecule has 0 spiro atoms. The first-order chi connectivity index (χ1) is 9.43. The van der Waals surface area contributed by atoms with Gasteiger partial charge >= 0.3 is 11.9 Å². The van der Waals surface area contributed by atoms with Crippen LogP contribution in [0.5, 0.6) is 0 Å². The first kappa shape index (κ1) is 16.0. The zero-order chi connectivity index (χ0) is 15.1. The number of carbonyl (C=O) groups excluding carboxylic acids is 2. The largest absolute Gasteiger partial charge is 0.469 e. The third-order valence-electron chi connectivity index (χ3n) is 2.66. The second kappa shape index (κ2) is 7.53. The molecule has 1 unspecified atom stereocenters. The average Bonchev–Trinajstić information content (AvgIpc) is 2.43. The van der Waals surface area contributed by atoms with E-state index in [2.05, 4.69) is 10.1 Å². The first-order valence-electron chi connectivity index (χ1n) is 6.56. The molecule has 0 aliphatic rings. The average molecular weight is 279 g/mol. The summed E-state index contributed by atoms with van der Waals surface area (Å²) in [5.74, 6) is -0.885. The molecule has 20 heavy (non-hydrogen) atoms. The molecule has 0 bridgehead atoms. The molecular weight excluding hydrogens is 258 g/mol. The Balaban J connectivity index is 2.64. The van der Waals surface area contributed by atoms with Crippen LogP contribution in [0.4, 0.5) is 5.69 Å². The van der Waals surface area contributed by atoms with Crippen LogP contribution >= 0.6 is 0 Å². The van der Waals surface area contributed by atoms with Crippen molar-refractivity contribution in [3.8, 4) is 0 Å². The molecule has 0 amide bonds. The molecular formula is C15H21NO4. The van der Waals surface area contributed by atoms with Crippen LogP contribution in [-0.4, -0.2) is 31.7 Å². The SMILES string of the molecule is COC(=O)C(C)CNc1cccc(C(=O)OC(C)C)c1. The molecule has 0 fully saturated rings. The van der Waals surface area contributed by atoms with E-state index in [1.807, 2.05) is 6.07 Å². The summed E-state index contributed by atoms with van der Waals surface area (Å²) in [6.45, 7) is 5.82. The van der Waals surface area contributed by atoms with Crippen molar-refractivity contribution in [2.45, 2.75) is 26.9 Å². The highest BCUT2D eigenvalue weighted by Crippen LogP contribution is 2.13.